The molecule has 1 unspecified atom stereocenters. The maximum absolute atomic E-state index is 6.40. The van der Waals surface area contributed by atoms with Crippen molar-refractivity contribution in [3.63, 3.8) is 0 Å². The normalized spacial score (nSPS) is 20.7. The van der Waals surface area contributed by atoms with E-state index >= 15 is 0 Å². The summed E-state index contributed by atoms with van der Waals surface area (Å²) in [7, 11) is -1.72. The minimum atomic E-state index is -1.72. The molecule has 0 bridgehead atoms. The summed E-state index contributed by atoms with van der Waals surface area (Å²) in [6.45, 7) is 6.69. The van der Waals surface area contributed by atoms with Gasteiger partial charge in [-0.3, -0.25) is 0 Å². The van der Waals surface area contributed by atoms with E-state index in [1.165, 1.54) is 21.9 Å². The molecule has 0 saturated heterocycles. The summed E-state index contributed by atoms with van der Waals surface area (Å²) in [6.07, 6.45) is 0.128. The van der Waals surface area contributed by atoms with Gasteiger partial charge < -0.3 is 4.43 Å². The number of benzene rings is 2. The molecule has 1 aliphatic heterocycles. The van der Waals surface area contributed by atoms with Crippen LogP contribution >= 0.6 is 0 Å². The molecule has 0 radical (unpaired) electrons. The molecule has 1 nitrogen and oxygen atoms in total. The van der Waals surface area contributed by atoms with Crippen LogP contribution in [-0.4, -0.2) is 8.32 Å². The SMILES string of the molecule is Cc1cccc(C2O[Si](C)(C)c3ccccc32)c1. The fraction of sp³-hybridized carbons (Fsp3) is 0.250. The van der Waals surface area contributed by atoms with E-state index in [-0.39, 0.29) is 6.10 Å². The lowest BCUT2D eigenvalue weighted by Gasteiger charge is -2.19. The van der Waals surface area contributed by atoms with Gasteiger partial charge >= 0.3 is 0 Å². The van der Waals surface area contributed by atoms with Crippen LogP contribution in [0.15, 0.2) is 48.5 Å². The zero-order valence-corrected chi connectivity index (χ0v) is 12.1. The highest BCUT2D eigenvalue weighted by Gasteiger charge is 2.40. The number of hydrogen-bond donors (Lipinski definition) is 0. The van der Waals surface area contributed by atoms with Gasteiger partial charge in [0, 0.05) is 0 Å². The topological polar surface area (TPSA) is 9.23 Å². The highest BCUT2D eigenvalue weighted by atomic mass is 28.4. The van der Waals surface area contributed by atoms with E-state index in [0.29, 0.717) is 0 Å². The average molecular weight is 254 g/mol. The summed E-state index contributed by atoms with van der Waals surface area (Å²) in [5.41, 5.74) is 3.93. The van der Waals surface area contributed by atoms with Crippen LogP contribution in [0, 0.1) is 6.92 Å². The molecule has 0 spiro atoms. The quantitative estimate of drug-likeness (QED) is 0.707. The maximum Gasteiger partial charge on any atom is 0.219 e. The first kappa shape index (κ1) is 11.7. The predicted molar refractivity (Wildman–Crippen MR) is 77.7 cm³/mol. The Hall–Kier alpha value is -1.38. The molecule has 2 heteroatoms. The lowest BCUT2D eigenvalue weighted by Crippen LogP contribution is -2.39. The molecule has 0 aliphatic carbocycles. The monoisotopic (exact) mass is 254 g/mol. The Kier molecular flexibility index (Phi) is 2.65. The van der Waals surface area contributed by atoms with Gasteiger partial charge in [0.2, 0.25) is 8.32 Å². The Morgan fingerprint density at radius 1 is 1.00 bits per heavy atom. The number of fused-ring (bicyclic) bond motifs is 1. The van der Waals surface area contributed by atoms with Gasteiger partial charge in [0.1, 0.15) is 0 Å². The summed E-state index contributed by atoms with van der Waals surface area (Å²) in [4.78, 5) is 0. The van der Waals surface area contributed by atoms with Crippen molar-refractivity contribution in [3.05, 3.63) is 65.2 Å². The molecular weight excluding hydrogens is 236 g/mol. The van der Waals surface area contributed by atoms with Crippen molar-refractivity contribution in [2.45, 2.75) is 26.1 Å². The first-order valence-corrected chi connectivity index (χ1v) is 9.32. The summed E-state index contributed by atoms with van der Waals surface area (Å²) >= 11 is 0. The predicted octanol–water partition coefficient (Wildman–Crippen LogP) is 3.53. The van der Waals surface area contributed by atoms with Crippen LogP contribution in [0.1, 0.15) is 22.8 Å². The minimum absolute atomic E-state index is 0.128. The smallest absolute Gasteiger partial charge is 0.219 e. The molecule has 18 heavy (non-hydrogen) atoms. The van der Waals surface area contributed by atoms with Crippen molar-refractivity contribution in [2.24, 2.45) is 0 Å². The second kappa shape index (κ2) is 4.07. The van der Waals surface area contributed by atoms with Crippen molar-refractivity contribution in [1.82, 2.24) is 0 Å². The Morgan fingerprint density at radius 3 is 2.56 bits per heavy atom. The van der Waals surface area contributed by atoms with Crippen LogP contribution in [0.25, 0.3) is 0 Å². The van der Waals surface area contributed by atoms with Crippen LogP contribution in [0.2, 0.25) is 13.1 Å². The molecule has 2 aromatic carbocycles. The van der Waals surface area contributed by atoms with Gasteiger partial charge in [0.25, 0.3) is 0 Å². The van der Waals surface area contributed by atoms with E-state index in [2.05, 4.69) is 68.5 Å². The Balaban J connectivity index is 2.11. The summed E-state index contributed by atoms with van der Waals surface area (Å²) in [6, 6.07) is 17.3. The molecule has 92 valence electrons. The van der Waals surface area contributed by atoms with Crippen molar-refractivity contribution < 1.29 is 4.43 Å². The van der Waals surface area contributed by atoms with Crippen LogP contribution in [0.5, 0.6) is 0 Å². The zero-order valence-electron chi connectivity index (χ0n) is 11.1. The molecule has 0 aromatic heterocycles. The Labute approximate surface area is 110 Å². The summed E-state index contributed by atoms with van der Waals surface area (Å²) in [5.74, 6) is 0. The molecule has 3 rings (SSSR count). The fourth-order valence-electron chi connectivity index (χ4n) is 2.78. The highest BCUT2D eigenvalue weighted by Crippen LogP contribution is 2.35. The number of hydrogen-bond acceptors (Lipinski definition) is 1. The van der Waals surface area contributed by atoms with Crippen molar-refractivity contribution >= 4 is 13.5 Å². The van der Waals surface area contributed by atoms with Gasteiger partial charge in [-0.15, -0.1) is 0 Å². The second-order valence-corrected chi connectivity index (χ2v) is 9.30. The third-order valence-corrected chi connectivity index (χ3v) is 6.23. The summed E-state index contributed by atoms with van der Waals surface area (Å²) in [5, 5.41) is 1.44. The third kappa shape index (κ3) is 1.82. The zero-order chi connectivity index (χ0) is 12.8. The number of aryl methyl sites for hydroxylation is 1. The molecule has 1 heterocycles. The molecule has 1 atom stereocenters. The maximum atomic E-state index is 6.40. The number of rotatable bonds is 1. The minimum Gasteiger partial charge on any atom is -0.402 e. The van der Waals surface area contributed by atoms with Crippen LogP contribution in [-0.2, 0) is 4.43 Å². The molecular formula is C16H18OSi. The second-order valence-electron chi connectivity index (χ2n) is 5.51. The fourth-order valence-corrected chi connectivity index (χ4v) is 5.16. The van der Waals surface area contributed by atoms with Gasteiger partial charge in [0.05, 0.1) is 6.10 Å². The largest absolute Gasteiger partial charge is 0.402 e. The van der Waals surface area contributed by atoms with Gasteiger partial charge in [-0.1, -0.05) is 54.1 Å². The lowest BCUT2D eigenvalue weighted by molar-refractivity contribution is 0.259. The average Bonchev–Trinajstić information content (AvgIpc) is 2.63. The van der Waals surface area contributed by atoms with Crippen LogP contribution in [0.3, 0.4) is 0 Å². The third-order valence-electron chi connectivity index (χ3n) is 3.65. The van der Waals surface area contributed by atoms with E-state index in [1.807, 2.05) is 0 Å². The van der Waals surface area contributed by atoms with Crippen LogP contribution in [0.4, 0.5) is 0 Å². The van der Waals surface area contributed by atoms with Crippen molar-refractivity contribution in [1.29, 1.82) is 0 Å². The lowest BCUT2D eigenvalue weighted by atomic mass is 10.0. The molecule has 1 aliphatic rings. The van der Waals surface area contributed by atoms with E-state index in [0.717, 1.165) is 0 Å². The van der Waals surface area contributed by atoms with E-state index < -0.39 is 8.32 Å². The van der Waals surface area contributed by atoms with Gasteiger partial charge in [-0.05, 0) is 36.3 Å². The highest BCUT2D eigenvalue weighted by molar-refractivity contribution is 6.85. The Bertz CT molecular complexity index is 589. The first-order valence-electron chi connectivity index (χ1n) is 6.42. The van der Waals surface area contributed by atoms with Crippen molar-refractivity contribution in [3.8, 4) is 0 Å². The molecule has 0 N–H and O–H groups in total. The molecule has 0 fully saturated rings. The summed E-state index contributed by atoms with van der Waals surface area (Å²) < 4.78 is 6.40. The van der Waals surface area contributed by atoms with E-state index in [9.17, 15) is 0 Å². The Morgan fingerprint density at radius 2 is 1.78 bits per heavy atom. The van der Waals surface area contributed by atoms with Gasteiger partial charge in [-0.2, -0.15) is 0 Å². The van der Waals surface area contributed by atoms with E-state index in [4.69, 9.17) is 4.43 Å². The first-order chi connectivity index (χ1) is 8.58. The molecule has 0 amide bonds. The van der Waals surface area contributed by atoms with Crippen molar-refractivity contribution in [2.75, 3.05) is 0 Å². The standard InChI is InChI=1S/C16H18OSi/c1-12-7-6-8-13(11-12)16-14-9-4-5-10-15(14)18(2,3)17-16/h4-11,16H,1-3H3. The molecule has 2 aromatic rings. The van der Waals surface area contributed by atoms with Gasteiger partial charge in [-0.25, -0.2) is 0 Å². The van der Waals surface area contributed by atoms with E-state index in [1.54, 1.807) is 0 Å². The molecule has 0 saturated carbocycles. The van der Waals surface area contributed by atoms with Crippen LogP contribution < -0.4 is 5.19 Å². The van der Waals surface area contributed by atoms with Gasteiger partial charge in [0.15, 0.2) is 0 Å².